The van der Waals surface area contributed by atoms with Crippen molar-refractivity contribution in [2.45, 2.75) is 18.5 Å². The number of halogens is 3. The molecule has 0 aromatic heterocycles. The van der Waals surface area contributed by atoms with Gasteiger partial charge in [-0.15, -0.1) is 11.8 Å². The second kappa shape index (κ2) is 8.70. The molecule has 3 aromatic carbocycles. The third-order valence-electron chi connectivity index (χ3n) is 5.05. The minimum Gasteiger partial charge on any atom is -0.322 e. The van der Waals surface area contributed by atoms with Gasteiger partial charge in [-0.25, -0.2) is 0 Å². The minimum absolute atomic E-state index is 0.0209. The summed E-state index contributed by atoms with van der Waals surface area (Å²) in [6, 6.07) is 19.0. The van der Waals surface area contributed by atoms with E-state index in [1.54, 1.807) is 29.2 Å². The average Bonchev–Trinajstić information content (AvgIpc) is 3.15. The summed E-state index contributed by atoms with van der Waals surface area (Å²) in [4.78, 5) is 26.7. The summed E-state index contributed by atoms with van der Waals surface area (Å²) in [7, 11) is 0. The molecule has 1 N–H and O–H groups in total. The number of carbonyl (C=O) groups excluding carboxylic acids is 2. The van der Waals surface area contributed by atoms with E-state index < -0.39 is 17.6 Å². The smallest absolute Gasteiger partial charge is 0.322 e. The van der Waals surface area contributed by atoms with Crippen molar-refractivity contribution in [1.29, 1.82) is 0 Å². The summed E-state index contributed by atoms with van der Waals surface area (Å²) < 4.78 is 38.7. The summed E-state index contributed by atoms with van der Waals surface area (Å²) in [5, 5.41) is 2.42. The van der Waals surface area contributed by atoms with Crippen molar-refractivity contribution < 1.29 is 22.8 Å². The van der Waals surface area contributed by atoms with Crippen molar-refractivity contribution in [3.8, 4) is 0 Å². The normalized spacial score (nSPS) is 16.3. The van der Waals surface area contributed by atoms with Gasteiger partial charge in [0.05, 0.1) is 11.3 Å². The van der Waals surface area contributed by atoms with Gasteiger partial charge in [0.2, 0.25) is 5.91 Å². The molecule has 0 unspecified atom stereocenters. The second-order valence-electron chi connectivity index (χ2n) is 7.42. The first-order valence-corrected chi connectivity index (χ1v) is 10.9. The standard InChI is InChI=1S/C24H19F3N2O2S/c1-15-4-2-7-20(12-15)29-21(30)14-32-23(29)16-8-10-19(11-9-16)28-22(31)17-5-3-6-18(13-17)24(25,26)27/h2-13,23H,14H2,1H3,(H,28,31)/t23-/m1/s1. The van der Waals surface area contributed by atoms with Crippen LogP contribution in [0, 0.1) is 6.92 Å². The number of rotatable bonds is 4. The molecule has 3 aromatic rings. The number of nitrogens with zero attached hydrogens (tertiary/aromatic N) is 1. The zero-order valence-corrected chi connectivity index (χ0v) is 17.8. The van der Waals surface area contributed by atoms with Crippen molar-refractivity contribution >= 4 is 35.0 Å². The number of hydrogen-bond acceptors (Lipinski definition) is 3. The first-order chi connectivity index (χ1) is 15.2. The molecule has 1 heterocycles. The van der Waals surface area contributed by atoms with E-state index in [4.69, 9.17) is 0 Å². The number of carbonyl (C=O) groups is 2. The van der Waals surface area contributed by atoms with Crippen molar-refractivity contribution in [1.82, 2.24) is 0 Å². The predicted molar refractivity (Wildman–Crippen MR) is 120 cm³/mol. The van der Waals surface area contributed by atoms with Crippen molar-refractivity contribution in [2.24, 2.45) is 0 Å². The minimum atomic E-state index is -4.52. The summed E-state index contributed by atoms with van der Waals surface area (Å²) in [6.07, 6.45) is -4.52. The average molecular weight is 456 g/mol. The van der Waals surface area contributed by atoms with Crippen LogP contribution in [0.4, 0.5) is 24.5 Å². The third-order valence-corrected chi connectivity index (χ3v) is 6.27. The Labute approximate surface area is 187 Å². The van der Waals surface area contributed by atoms with Crippen molar-refractivity contribution in [2.75, 3.05) is 16.0 Å². The molecule has 0 radical (unpaired) electrons. The molecule has 8 heteroatoms. The molecule has 1 saturated heterocycles. The van der Waals surface area contributed by atoms with E-state index in [9.17, 15) is 22.8 Å². The largest absolute Gasteiger partial charge is 0.416 e. The molecule has 164 valence electrons. The summed E-state index contributed by atoms with van der Waals surface area (Å²) in [5.74, 6) is -0.240. The van der Waals surface area contributed by atoms with E-state index in [0.717, 1.165) is 28.9 Å². The molecule has 0 saturated carbocycles. The molecule has 2 amide bonds. The Morgan fingerprint density at radius 3 is 2.44 bits per heavy atom. The Hall–Kier alpha value is -3.26. The van der Waals surface area contributed by atoms with E-state index in [-0.39, 0.29) is 16.8 Å². The fraction of sp³-hybridized carbons (Fsp3) is 0.167. The Kier molecular flexibility index (Phi) is 5.97. The number of thioether (sulfide) groups is 1. The lowest BCUT2D eigenvalue weighted by molar-refractivity contribution is -0.137. The van der Waals surface area contributed by atoms with Crippen LogP contribution in [0.5, 0.6) is 0 Å². The first-order valence-electron chi connectivity index (χ1n) is 9.81. The lowest BCUT2D eigenvalue weighted by atomic mass is 10.1. The van der Waals surface area contributed by atoms with E-state index >= 15 is 0 Å². The van der Waals surface area contributed by atoms with Crippen LogP contribution >= 0.6 is 11.8 Å². The summed E-state index contributed by atoms with van der Waals surface area (Å²) in [5.41, 5.74) is 2.27. The van der Waals surface area contributed by atoms with Crippen LogP contribution in [0.3, 0.4) is 0 Å². The lowest BCUT2D eigenvalue weighted by Gasteiger charge is -2.25. The molecule has 32 heavy (non-hydrogen) atoms. The second-order valence-corrected chi connectivity index (χ2v) is 8.49. The highest BCUT2D eigenvalue weighted by Gasteiger charge is 2.34. The lowest BCUT2D eigenvalue weighted by Crippen LogP contribution is -2.27. The number of alkyl halides is 3. The van der Waals surface area contributed by atoms with Gasteiger partial charge in [-0.2, -0.15) is 13.2 Å². The molecule has 1 aliphatic rings. The molecule has 1 fully saturated rings. The van der Waals surface area contributed by atoms with Gasteiger partial charge < -0.3 is 5.32 Å². The van der Waals surface area contributed by atoms with Crippen LogP contribution in [0.2, 0.25) is 0 Å². The Balaban J connectivity index is 1.51. The van der Waals surface area contributed by atoms with E-state index in [2.05, 4.69) is 5.32 Å². The van der Waals surface area contributed by atoms with Gasteiger partial charge >= 0.3 is 6.18 Å². The van der Waals surface area contributed by atoms with Crippen LogP contribution < -0.4 is 10.2 Å². The van der Waals surface area contributed by atoms with Crippen LogP contribution in [0.15, 0.2) is 72.8 Å². The zero-order valence-electron chi connectivity index (χ0n) is 17.0. The highest BCUT2D eigenvalue weighted by atomic mass is 32.2. The van der Waals surface area contributed by atoms with Gasteiger partial charge in [0, 0.05) is 16.9 Å². The topological polar surface area (TPSA) is 49.4 Å². The Morgan fingerprint density at radius 2 is 1.75 bits per heavy atom. The number of nitrogens with one attached hydrogen (secondary N) is 1. The number of aryl methyl sites for hydroxylation is 1. The van der Waals surface area contributed by atoms with Gasteiger partial charge in [-0.1, -0.05) is 30.3 Å². The first kappa shape index (κ1) is 22.0. The Morgan fingerprint density at radius 1 is 1.03 bits per heavy atom. The molecule has 4 rings (SSSR count). The van der Waals surface area contributed by atoms with Gasteiger partial charge in [0.1, 0.15) is 5.37 Å². The Bertz CT molecular complexity index is 1160. The van der Waals surface area contributed by atoms with E-state index in [1.165, 1.54) is 23.9 Å². The molecular formula is C24H19F3N2O2S. The summed E-state index contributed by atoms with van der Waals surface area (Å²) >= 11 is 1.52. The van der Waals surface area contributed by atoms with Gasteiger partial charge in [-0.3, -0.25) is 14.5 Å². The fourth-order valence-corrected chi connectivity index (χ4v) is 4.68. The van der Waals surface area contributed by atoms with Crippen molar-refractivity contribution in [3.05, 3.63) is 95.1 Å². The van der Waals surface area contributed by atoms with E-state index in [0.29, 0.717) is 11.4 Å². The maximum absolute atomic E-state index is 12.9. The van der Waals surface area contributed by atoms with Crippen molar-refractivity contribution in [3.63, 3.8) is 0 Å². The van der Waals surface area contributed by atoms with Crippen LogP contribution in [0.1, 0.15) is 32.4 Å². The molecule has 1 aliphatic heterocycles. The van der Waals surface area contributed by atoms with Gasteiger partial charge in [0.15, 0.2) is 0 Å². The molecular weight excluding hydrogens is 437 g/mol. The highest BCUT2D eigenvalue weighted by molar-refractivity contribution is 8.00. The summed E-state index contributed by atoms with van der Waals surface area (Å²) in [6.45, 7) is 1.97. The fourth-order valence-electron chi connectivity index (χ4n) is 3.50. The van der Waals surface area contributed by atoms with Crippen LogP contribution in [-0.4, -0.2) is 17.6 Å². The predicted octanol–water partition coefficient (Wildman–Crippen LogP) is 6.04. The molecule has 1 atom stereocenters. The quantitative estimate of drug-likeness (QED) is 0.520. The molecule has 0 spiro atoms. The van der Waals surface area contributed by atoms with Gasteiger partial charge in [-0.05, 0) is 60.5 Å². The number of benzene rings is 3. The molecule has 4 nitrogen and oxygen atoms in total. The van der Waals surface area contributed by atoms with Crippen LogP contribution in [-0.2, 0) is 11.0 Å². The van der Waals surface area contributed by atoms with Crippen LogP contribution in [0.25, 0.3) is 0 Å². The number of hydrogen-bond donors (Lipinski definition) is 1. The monoisotopic (exact) mass is 456 g/mol. The molecule has 0 bridgehead atoms. The maximum Gasteiger partial charge on any atom is 0.416 e. The highest BCUT2D eigenvalue weighted by Crippen LogP contribution is 2.42. The maximum atomic E-state index is 12.9. The molecule has 0 aliphatic carbocycles. The number of anilines is 2. The number of amides is 2. The SMILES string of the molecule is Cc1cccc(N2C(=O)CS[C@@H]2c2ccc(NC(=O)c3cccc(C(F)(F)F)c3)cc2)c1. The van der Waals surface area contributed by atoms with Gasteiger partial charge in [0.25, 0.3) is 5.91 Å². The van der Waals surface area contributed by atoms with E-state index in [1.807, 2.05) is 31.2 Å². The zero-order chi connectivity index (χ0) is 22.9. The third kappa shape index (κ3) is 4.65.